The first-order valence-electron chi connectivity index (χ1n) is 5.07. The molecule has 0 spiro atoms. The molecule has 1 aliphatic heterocycles. The molecule has 4 nitrogen and oxygen atoms in total. The zero-order chi connectivity index (χ0) is 10.3. The van der Waals surface area contributed by atoms with Gasteiger partial charge in [0.1, 0.15) is 11.6 Å². The summed E-state index contributed by atoms with van der Waals surface area (Å²) in [5.74, 6) is 1.08. The first-order chi connectivity index (χ1) is 6.53. The Morgan fingerprint density at radius 1 is 1.57 bits per heavy atom. The van der Waals surface area contributed by atoms with E-state index in [9.17, 15) is 4.79 Å². The average molecular weight is 195 g/mol. The molecule has 2 aliphatic rings. The van der Waals surface area contributed by atoms with E-state index in [1.807, 2.05) is 7.05 Å². The van der Waals surface area contributed by atoms with Gasteiger partial charge in [-0.15, -0.1) is 0 Å². The van der Waals surface area contributed by atoms with Gasteiger partial charge < -0.3 is 10.7 Å². The van der Waals surface area contributed by atoms with Crippen molar-refractivity contribution < 1.29 is 4.79 Å². The van der Waals surface area contributed by atoms with Gasteiger partial charge in [0.15, 0.2) is 0 Å². The Balaban J connectivity index is 2.20. The Morgan fingerprint density at radius 3 is 2.93 bits per heavy atom. The maximum absolute atomic E-state index is 11.9. The molecule has 4 heteroatoms. The molecule has 2 atom stereocenters. The van der Waals surface area contributed by atoms with E-state index in [0.717, 1.165) is 12.3 Å². The lowest BCUT2D eigenvalue weighted by Crippen LogP contribution is -2.47. The molecule has 0 radical (unpaired) electrons. The number of rotatable bonds is 0. The normalized spacial score (nSPS) is 34.5. The topological polar surface area (TPSA) is 53.5 Å². The SMILES string of the molecule is CNC1=NNC2CC(C)(C)CC(=O)C12. The lowest BCUT2D eigenvalue weighted by molar-refractivity contribution is -0.126. The second-order valence-corrected chi connectivity index (χ2v) is 4.97. The van der Waals surface area contributed by atoms with Crippen LogP contribution >= 0.6 is 0 Å². The van der Waals surface area contributed by atoms with Crippen LogP contribution in [0, 0.1) is 11.3 Å². The Bertz CT molecular complexity index is 296. The fourth-order valence-electron chi connectivity index (χ4n) is 2.49. The Morgan fingerprint density at radius 2 is 2.29 bits per heavy atom. The highest BCUT2D eigenvalue weighted by atomic mass is 16.1. The minimum absolute atomic E-state index is 0.0342. The zero-order valence-corrected chi connectivity index (χ0v) is 8.92. The molecule has 1 aliphatic carbocycles. The molecule has 2 rings (SSSR count). The minimum atomic E-state index is -0.0342. The van der Waals surface area contributed by atoms with Crippen molar-refractivity contribution in [2.24, 2.45) is 16.4 Å². The van der Waals surface area contributed by atoms with Gasteiger partial charge in [0.25, 0.3) is 0 Å². The number of carbonyl (C=O) groups is 1. The molecule has 1 fully saturated rings. The van der Waals surface area contributed by atoms with Crippen molar-refractivity contribution >= 4 is 11.6 Å². The minimum Gasteiger partial charge on any atom is -0.374 e. The van der Waals surface area contributed by atoms with Gasteiger partial charge in [-0.05, 0) is 11.8 Å². The van der Waals surface area contributed by atoms with E-state index in [0.29, 0.717) is 12.2 Å². The van der Waals surface area contributed by atoms with Gasteiger partial charge in [-0.3, -0.25) is 4.79 Å². The quantitative estimate of drug-likeness (QED) is 0.591. The summed E-state index contributed by atoms with van der Waals surface area (Å²) in [6.45, 7) is 4.28. The summed E-state index contributed by atoms with van der Waals surface area (Å²) in [7, 11) is 1.82. The van der Waals surface area contributed by atoms with E-state index in [1.54, 1.807) is 0 Å². The lowest BCUT2D eigenvalue weighted by atomic mass is 9.70. The highest BCUT2D eigenvalue weighted by Crippen LogP contribution is 2.37. The standard InChI is InChI=1S/C10H17N3O/c1-10(2)4-6-8(7(14)5-10)9(11-3)13-12-6/h6,8,12H,4-5H2,1-3H3,(H,11,13). The van der Waals surface area contributed by atoms with Gasteiger partial charge in [-0.2, -0.15) is 5.10 Å². The molecular weight excluding hydrogens is 178 g/mol. The van der Waals surface area contributed by atoms with Crippen LogP contribution in [-0.4, -0.2) is 24.7 Å². The summed E-state index contributed by atoms with van der Waals surface area (Å²) in [4.78, 5) is 11.9. The number of hydrogen-bond donors (Lipinski definition) is 2. The number of Topliss-reactive ketones (excluding diaryl/α,β-unsaturated/α-hetero) is 1. The summed E-state index contributed by atoms with van der Waals surface area (Å²) in [6.07, 6.45) is 1.68. The molecule has 0 aromatic carbocycles. The second-order valence-electron chi connectivity index (χ2n) is 4.97. The summed E-state index contributed by atoms with van der Waals surface area (Å²) in [6, 6.07) is 0.202. The van der Waals surface area contributed by atoms with Gasteiger partial charge in [-0.25, -0.2) is 0 Å². The largest absolute Gasteiger partial charge is 0.374 e. The molecule has 0 amide bonds. The molecule has 0 bridgehead atoms. The molecule has 78 valence electrons. The predicted molar refractivity (Wildman–Crippen MR) is 54.9 cm³/mol. The third-order valence-electron chi connectivity index (χ3n) is 3.08. The van der Waals surface area contributed by atoms with E-state index in [4.69, 9.17) is 0 Å². The van der Waals surface area contributed by atoms with Gasteiger partial charge in [0.05, 0.1) is 12.0 Å². The summed E-state index contributed by atoms with van der Waals surface area (Å²) in [5.41, 5.74) is 3.17. The smallest absolute Gasteiger partial charge is 0.146 e. The highest BCUT2D eigenvalue weighted by Gasteiger charge is 2.45. The summed E-state index contributed by atoms with van der Waals surface area (Å²) in [5, 5.41) is 7.14. The monoisotopic (exact) mass is 195 g/mol. The van der Waals surface area contributed by atoms with Crippen LogP contribution in [0.25, 0.3) is 0 Å². The Labute approximate surface area is 84.1 Å². The molecule has 0 saturated heterocycles. The fourth-order valence-corrected chi connectivity index (χ4v) is 2.49. The lowest BCUT2D eigenvalue weighted by Gasteiger charge is -2.35. The number of fused-ring (bicyclic) bond motifs is 1. The van der Waals surface area contributed by atoms with Crippen LogP contribution in [-0.2, 0) is 4.79 Å². The van der Waals surface area contributed by atoms with Gasteiger partial charge in [0, 0.05) is 13.5 Å². The van der Waals surface area contributed by atoms with Gasteiger partial charge >= 0.3 is 0 Å². The number of hydrogen-bond acceptors (Lipinski definition) is 4. The van der Waals surface area contributed by atoms with Crippen molar-refractivity contribution in [3.05, 3.63) is 0 Å². The van der Waals surface area contributed by atoms with Gasteiger partial charge in [-0.1, -0.05) is 13.8 Å². The average Bonchev–Trinajstić information content (AvgIpc) is 2.44. The molecule has 1 saturated carbocycles. The molecule has 2 N–H and O–H groups in total. The third kappa shape index (κ3) is 1.38. The third-order valence-corrected chi connectivity index (χ3v) is 3.08. The first kappa shape index (κ1) is 9.49. The summed E-state index contributed by atoms with van der Waals surface area (Å²) >= 11 is 0. The van der Waals surface area contributed by atoms with E-state index in [2.05, 4.69) is 29.7 Å². The van der Waals surface area contributed by atoms with Crippen LogP contribution < -0.4 is 10.7 Å². The van der Waals surface area contributed by atoms with Crippen LogP contribution in [0.3, 0.4) is 0 Å². The fraction of sp³-hybridized carbons (Fsp3) is 0.800. The van der Waals surface area contributed by atoms with Crippen molar-refractivity contribution in [3.8, 4) is 0 Å². The molecule has 0 aromatic heterocycles. The first-order valence-corrected chi connectivity index (χ1v) is 5.07. The van der Waals surface area contributed by atoms with E-state index in [1.165, 1.54) is 0 Å². The van der Waals surface area contributed by atoms with Crippen LogP contribution in [0.1, 0.15) is 26.7 Å². The van der Waals surface area contributed by atoms with Crippen molar-refractivity contribution in [2.45, 2.75) is 32.7 Å². The van der Waals surface area contributed by atoms with Crippen LogP contribution in [0.4, 0.5) is 0 Å². The van der Waals surface area contributed by atoms with Crippen LogP contribution in [0.15, 0.2) is 5.10 Å². The Hall–Kier alpha value is -1.06. The second kappa shape index (κ2) is 2.97. The number of nitrogens with one attached hydrogen (secondary N) is 2. The number of hydrazone groups is 1. The molecule has 14 heavy (non-hydrogen) atoms. The van der Waals surface area contributed by atoms with E-state index < -0.39 is 0 Å². The van der Waals surface area contributed by atoms with Crippen molar-refractivity contribution in [1.29, 1.82) is 0 Å². The van der Waals surface area contributed by atoms with Crippen LogP contribution in [0.5, 0.6) is 0 Å². The molecule has 1 heterocycles. The van der Waals surface area contributed by atoms with Crippen molar-refractivity contribution in [2.75, 3.05) is 7.05 Å². The van der Waals surface area contributed by atoms with Gasteiger partial charge in [0.2, 0.25) is 0 Å². The number of carbonyl (C=O) groups excluding carboxylic acids is 1. The number of amidine groups is 1. The molecular formula is C10H17N3O. The molecule has 2 unspecified atom stereocenters. The van der Waals surface area contributed by atoms with Crippen LogP contribution in [0.2, 0.25) is 0 Å². The van der Waals surface area contributed by atoms with Crippen molar-refractivity contribution in [1.82, 2.24) is 10.7 Å². The van der Waals surface area contributed by atoms with E-state index >= 15 is 0 Å². The Kier molecular flexibility index (Phi) is 2.01. The number of nitrogens with zero attached hydrogens (tertiary/aromatic N) is 1. The molecule has 0 aromatic rings. The number of ketones is 1. The maximum Gasteiger partial charge on any atom is 0.146 e. The highest BCUT2D eigenvalue weighted by molar-refractivity contribution is 6.06. The van der Waals surface area contributed by atoms with Crippen molar-refractivity contribution in [3.63, 3.8) is 0 Å². The summed E-state index contributed by atoms with van der Waals surface area (Å²) < 4.78 is 0. The predicted octanol–water partition coefficient (Wildman–Crippen LogP) is 0.496. The zero-order valence-electron chi connectivity index (χ0n) is 8.92. The van der Waals surface area contributed by atoms with E-state index in [-0.39, 0.29) is 17.4 Å². The maximum atomic E-state index is 11.9.